The second-order valence-corrected chi connectivity index (χ2v) is 4.38. The molecule has 1 rings (SSSR count). The van der Waals surface area contributed by atoms with Crippen LogP contribution in [0.3, 0.4) is 0 Å². The standard InChI is InChI=1S/C10H13NO3S/c1-6(10(12)13)15-9-5-7(14-2)3-4-8(9)11/h3-6H,11H2,1-2H3,(H,12,13). The number of methoxy groups -OCH3 is 1. The number of benzene rings is 1. The number of thioether (sulfide) groups is 1. The topological polar surface area (TPSA) is 72.5 Å². The molecule has 3 N–H and O–H groups in total. The van der Waals surface area contributed by atoms with Crippen molar-refractivity contribution in [3.63, 3.8) is 0 Å². The average molecular weight is 227 g/mol. The fourth-order valence-corrected chi connectivity index (χ4v) is 1.85. The molecule has 0 saturated carbocycles. The van der Waals surface area contributed by atoms with Crippen LogP contribution in [-0.4, -0.2) is 23.4 Å². The van der Waals surface area contributed by atoms with Gasteiger partial charge in [0.25, 0.3) is 0 Å². The van der Waals surface area contributed by atoms with Crippen LogP contribution >= 0.6 is 11.8 Å². The van der Waals surface area contributed by atoms with E-state index < -0.39 is 11.2 Å². The largest absolute Gasteiger partial charge is 0.497 e. The van der Waals surface area contributed by atoms with Gasteiger partial charge >= 0.3 is 5.97 Å². The van der Waals surface area contributed by atoms with Crippen LogP contribution < -0.4 is 10.5 Å². The van der Waals surface area contributed by atoms with Crippen LogP contribution in [0.15, 0.2) is 23.1 Å². The van der Waals surface area contributed by atoms with Gasteiger partial charge in [0, 0.05) is 10.6 Å². The van der Waals surface area contributed by atoms with Gasteiger partial charge in [0.1, 0.15) is 11.0 Å². The highest BCUT2D eigenvalue weighted by Gasteiger charge is 2.14. The Labute approximate surface area is 92.4 Å². The fraction of sp³-hybridized carbons (Fsp3) is 0.300. The third kappa shape index (κ3) is 3.06. The highest BCUT2D eigenvalue weighted by molar-refractivity contribution is 8.00. The predicted octanol–water partition coefficient (Wildman–Crippen LogP) is 1.84. The van der Waals surface area contributed by atoms with Crippen molar-refractivity contribution in [2.24, 2.45) is 0 Å². The van der Waals surface area contributed by atoms with Gasteiger partial charge in [-0.2, -0.15) is 0 Å². The molecule has 1 unspecified atom stereocenters. The first kappa shape index (κ1) is 11.7. The molecule has 0 saturated heterocycles. The number of nitrogens with two attached hydrogens (primary N) is 1. The van der Waals surface area contributed by atoms with E-state index in [1.165, 1.54) is 11.8 Å². The van der Waals surface area contributed by atoms with Crippen molar-refractivity contribution in [2.45, 2.75) is 17.1 Å². The molecule has 1 aromatic carbocycles. The summed E-state index contributed by atoms with van der Waals surface area (Å²) in [5.41, 5.74) is 6.29. The van der Waals surface area contributed by atoms with Crippen LogP contribution in [0.25, 0.3) is 0 Å². The first-order valence-corrected chi connectivity index (χ1v) is 5.25. The van der Waals surface area contributed by atoms with E-state index >= 15 is 0 Å². The smallest absolute Gasteiger partial charge is 0.316 e. The van der Waals surface area contributed by atoms with Gasteiger partial charge in [0.05, 0.1) is 7.11 Å². The summed E-state index contributed by atoms with van der Waals surface area (Å²) in [4.78, 5) is 11.4. The number of ether oxygens (including phenoxy) is 1. The van der Waals surface area contributed by atoms with Crippen LogP contribution in [0.2, 0.25) is 0 Å². The van der Waals surface area contributed by atoms with E-state index in [0.717, 1.165) is 4.90 Å². The van der Waals surface area contributed by atoms with E-state index in [1.807, 2.05) is 0 Å². The van der Waals surface area contributed by atoms with Gasteiger partial charge in [0.15, 0.2) is 0 Å². The highest BCUT2D eigenvalue weighted by atomic mass is 32.2. The van der Waals surface area contributed by atoms with Crippen molar-refractivity contribution in [3.05, 3.63) is 18.2 Å². The van der Waals surface area contributed by atoms with E-state index in [4.69, 9.17) is 15.6 Å². The van der Waals surface area contributed by atoms with E-state index in [2.05, 4.69) is 0 Å². The number of hydrogen-bond donors (Lipinski definition) is 2. The summed E-state index contributed by atoms with van der Waals surface area (Å²) < 4.78 is 5.04. The summed E-state index contributed by atoms with van der Waals surface area (Å²) in [7, 11) is 1.56. The maximum atomic E-state index is 10.7. The van der Waals surface area contributed by atoms with Crippen LogP contribution in [0.4, 0.5) is 5.69 Å². The van der Waals surface area contributed by atoms with Gasteiger partial charge in [-0.3, -0.25) is 4.79 Å². The average Bonchev–Trinajstić information content (AvgIpc) is 2.21. The lowest BCUT2D eigenvalue weighted by atomic mass is 10.3. The van der Waals surface area contributed by atoms with Gasteiger partial charge in [-0.05, 0) is 25.1 Å². The summed E-state index contributed by atoms with van der Waals surface area (Å²) >= 11 is 1.20. The quantitative estimate of drug-likeness (QED) is 0.606. The normalized spacial score (nSPS) is 12.1. The van der Waals surface area contributed by atoms with Crippen molar-refractivity contribution in [3.8, 4) is 5.75 Å². The highest BCUT2D eigenvalue weighted by Crippen LogP contribution is 2.31. The molecule has 0 bridgehead atoms. The number of carboxylic acid groups (broad SMARTS) is 1. The summed E-state index contributed by atoms with van der Waals surface area (Å²) in [6.07, 6.45) is 0. The molecule has 4 nitrogen and oxygen atoms in total. The number of nitrogen functional groups attached to an aromatic ring is 1. The van der Waals surface area contributed by atoms with Gasteiger partial charge in [-0.1, -0.05) is 0 Å². The molecule has 0 aliphatic carbocycles. The zero-order valence-corrected chi connectivity index (χ0v) is 9.38. The summed E-state index contributed by atoms with van der Waals surface area (Å²) in [6, 6.07) is 5.18. The van der Waals surface area contributed by atoms with E-state index in [1.54, 1.807) is 32.2 Å². The van der Waals surface area contributed by atoms with Crippen LogP contribution in [-0.2, 0) is 4.79 Å². The Kier molecular flexibility index (Phi) is 3.85. The van der Waals surface area contributed by atoms with Crippen molar-refractivity contribution in [1.29, 1.82) is 0 Å². The van der Waals surface area contributed by atoms with Gasteiger partial charge < -0.3 is 15.6 Å². The molecule has 0 amide bonds. The first-order chi connectivity index (χ1) is 7.04. The minimum Gasteiger partial charge on any atom is -0.497 e. The fourth-order valence-electron chi connectivity index (χ4n) is 0.985. The van der Waals surface area contributed by atoms with Crippen molar-refractivity contribution in [1.82, 2.24) is 0 Å². The minimum absolute atomic E-state index is 0.528. The third-order valence-corrected chi connectivity index (χ3v) is 3.03. The zero-order valence-electron chi connectivity index (χ0n) is 8.56. The maximum absolute atomic E-state index is 10.7. The number of carbonyl (C=O) groups is 1. The third-order valence-electron chi connectivity index (χ3n) is 1.87. The van der Waals surface area contributed by atoms with E-state index in [-0.39, 0.29) is 0 Å². The molecule has 0 spiro atoms. The minimum atomic E-state index is -0.859. The molecule has 0 aromatic heterocycles. The summed E-state index contributed by atoms with van der Waals surface area (Å²) in [6.45, 7) is 1.62. The number of aliphatic carboxylic acids is 1. The Bertz CT molecular complexity index is 368. The number of carboxylic acids is 1. The lowest BCUT2D eigenvalue weighted by Gasteiger charge is -2.10. The molecular weight excluding hydrogens is 214 g/mol. The Morgan fingerprint density at radius 1 is 1.60 bits per heavy atom. The predicted molar refractivity (Wildman–Crippen MR) is 60.4 cm³/mol. The Hall–Kier alpha value is -1.36. The monoisotopic (exact) mass is 227 g/mol. The van der Waals surface area contributed by atoms with E-state index in [9.17, 15) is 4.79 Å². The molecule has 5 heteroatoms. The van der Waals surface area contributed by atoms with Gasteiger partial charge in [-0.15, -0.1) is 11.8 Å². The molecule has 1 aromatic rings. The van der Waals surface area contributed by atoms with Crippen LogP contribution in [0.1, 0.15) is 6.92 Å². The Morgan fingerprint density at radius 2 is 2.27 bits per heavy atom. The van der Waals surface area contributed by atoms with Gasteiger partial charge in [-0.25, -0.2) is 0 Å². The molecule has 0 aliphatic rings. The van der Waals surface area contributed by atoms with Crippen molar-refractivity contribution in [2.75, 3.05) is 12.8 Å². The molecule has 0 aliphatic heterocycles. The molecular formula is C10H13NO3S. The molecule has 0 heterocycles. The zero-order chi connectivity index (χ0) is 11.4. The Balaban J connectivity index is 2.88. The van der Waals surface area contributed by atoms with Crippen LogP contribution in [0, 0.1) is 0 Å². The molecule has 82 valence electrons. The molecule has 15 heavy (non-hydrogen) atoms. The number of hydrogen-bond acceptors (Lipinski definition) is 4. The lowest BCUT2D eigenvalue weighted by Crippen LogP contribution is -2.11. The van der Waals surface area contributed by atoms with Crippen LogP contribution in [0.5, 0.6) is 5.75 Å². The molecule has 0 radical (unpaired) electrons. The van der Waals surface area contributed by atoms with E-state index in [0.29, 0.717) is 11.4 Å². The second kappa shape index (κ2) is 4.93. The summed E-state index contributed by atoms with van der Waals surface area (Å²) in [5.74, 6) is -0.188. The lowest BCUT2D eigenvalue weighted by molar-refractivity contribution is -0.136. The first-order valence-electron chi connectivity index (χ1n) is 4.37. The Morgan fingerprint density at radius 3 is 2.80 bits per heavy atom. The second-order valence-electron chi connectivity index (χ2n) is 3.00. The SMILES string of the molecule is COc1ccc(N)c(SC(C)C(=O)O)c1. The summed E-state index contributed by atoms with van der Waals surface area (Å²) in [5, 5.41) is 8.24. The molecule has 0 fully saturated rings. The van der Waals surface area contributed by atoms with Crippen molar-refractivity contribution >= 4 is 23.4 Å². The van der Waals surface area contributed by atoms with Gasteiger partial charge in [0.2, 0.25) is 0 Å². The number of anilines is 1. The molecule has 1 atom stereocenters. The van der Waals surface area contributed by atoms with Crippen molar-refractivity contribution < 1.29 is 14.6 Å². The number of rotatable bonds is 4. The maximum Gasteiger partial charge on any atom is 0.316 e.